The van der Waals surface area contributed by atoms with E-state index in [1.165, 1.54) is 6.33 Å². The summed E-state index contributed by atoms with van der Waals surface area (Å²) in [5.74, 6) is 1.07. The van der Waals surface area contributed by atoms with Crippen molar-refractivity contribution in [3.05, 3.63) is 30.9 Å². The summed E-state index contributed by atoms with van der Waals surface area (Å²) in [7, 11) is 2.00. The molecule has 23 heavy (non-hydrogen) atoms. The quantitative estimate of drug-likeness (QED) is 0.820. The summed E-state index contributed by atoms with van der Waals surface area (Å²) in [6.45, 7) is 7.18. The Kier molecular flexibility index (Phi) is 4.42. The highest BCUT2D eigenvalue weighted by molar-refractivity contribution is 5.80. The fraction of sp³-hybridized carbons (Fsp3) is 0.600. The van der Waals surface area contributed by atoms with Gasteiger partial charge in [-0.3, -0.25) is 9.69 Å². The third-order valence-electron chi connectivity index (χ3n) is 4.56. The lowest BCUT2D eigenvalue weighted by Gasteiger charge is -2.41. The third-order valence-corrected chi connectivity index (χ3v) is 4.56. The Bertz CT molecular complexity index is 651. The summed E-state index contributed by atoms with van der Waals surface area (Å²) < 4.78 is 3.63. The molecule has 0 saturated carbocycles. The van der Waals surface area contributed by atoms with Gasteiger partial charge in [-0.2, -0.15) is 5.10 Å². The number of amides is 1. The minimum atomic E-state index is -0.340. The Balaban J connectivity index is 1.77. The van der Waals surface area contributed by atoms with Gasteiger partial charge in [-0.25, -0.2) is 14.6 Å². The zero-order valence-corrected chi connectivity index (χ0v) is 13.8. The molecule has 1 aliphatic heterocycles. The molecule has 1 aliphatic rings. The van der Waals surface area contributed by atoms with Crippen molar-refractivity contribution in [3.8, 4) is 0 Å². The first kappa shape index (κ1) is 15.7. The molecule has 0 bridgehead atoms. The lowest BCUT2D eigenvalue weighted by molar-refractivity contribution is -0.137. The number of carbonyl (C=O) groups excluding carboxylic acids is 1. The number of piperazine rings is 1. The number of nitrogens with zero attached hydrogens (tertiary/aromatic N) is 7. The van der Waals surface area contributed by atoms with Crippen molar-refractivity contribution in [1.82, 2.24) is 34.1 Å². The van der Waals surface area contributed by atoms with E-state index in [1.54, 1.807) is 11.0 Å². The first-order valence-corrected chi connectivity index (χ1v) is 7.96. The van der Waals surface area contributed by atoms with Crippen molar-refractivity contribution in [1.29, 1.82) is 0 Å². The maximum absolute atomic E-state index is 12.8. The highest BCUT2D eigenvalue weighted by Gasteiger charge is 2.33. The molecule has 1 fully saturated rings. The summed E-state index contributed by atoms with van der Waals surface area (Å²) in [6, 6.07) is -0.214. The van der Waals surface area contributed by atoms with Crippen LogP contribution in [-0.2, 0) is 11.8 Å². The highest BCUT2D eigenvalue weighted by Crippen LogP contribution is 2.25. The van der Waals surface area contributed by atoms with Gasteiger partial charge in [0.2, 0.25) is 5.91 Å². The Morgan fingerprint density at radius 2 is 2.26 bits per heavy atom. The number of rotatable bonds is 4. The lowest BCUT2D eigenvalue weighted by Crippen LogP contribution is -2.52. The van der Waals surface area contributed by atoms with Gasteiger partial charge < -0.3 is 9.47 Å². The van der Waals surface area contributed by atoms with E-state index in [2.05, 4.69) is 26.9 Å². The fourth-order valence-corrected chi connectivity index (χ4v) is 3.14. The van der Waals surface area contributed by atoms with Gasteiger partial charge >= 0.3 is 0 Å². The predicted molar refractivity (Wildman–Crippen MR) is 84.5 cm³/mol. The zero-order valence-electron chi connectivity index (χ0n) is 13.8. The van der Waals surface area contributed by atoms with Gasteiger partial charge in [-0.15, -0.1) is 0 Å². The number of hydrogen-bond acceptors (Lipinski definition) is 5. The van der Waals surface area contributed by atoms with Crippen molar-refractivity contribution in [3.63, 3.8) is 0 Å². The van der Waals surface area contributed by atoms with Crippen LogP contribution in [0, 0.1) is 0 Å². The molecular weight excluding hydrogens is 294 g/mol. The van der Waals surface area contributed by atoms with Crippen LogP contribution in [0.4, 0.5) is 0 Å². The average molecular weight is 317 g/mol. The number of aryl methyl sites for hydroxylation is 1. The molecule has 0 aromatic carbocycles. The number of hydrogen-bond donors (Lipinski definition) is 0. The van der Waals surface area contributed by atoms with Crippen molar-refractivity contribution < 1.29 is 4.79 Å². The smallest absolute Gasteiger partial charge is 0.247 e. The van der Waals surface area contributed by atoms with Crippen LogP contribution in [0.1, 0.15) is 31.8 Å². The summed E-state index contributed by atoms with van der Waals surface area (Å²) in [6.07, 6.45) is 6.79. The Morgan fingerprint density at radius 1 is 1.43 bits per heavy atom. The minimum Gasteiger partial charge on any atom is -0.338 e. The molecule has 0 N–H and O–H groups in total. The van der Waals surface area contributed by atoms with Crippen LogP contribution in [0.5, 0.6) is 0 Å². The molecule has 1 saturated heterocycles. The van der Waals surface area contributed by atoms with Gasteiger partial charge in [-0.1, -0.05) is 6.92 Å². The molecular formula is C15H23N7O. The second-order valence-corrected chi connectivity index (χ2v) is 5.88. The molecule has 2 atom stereocenters. The van der Waals surface area contributed by atoms with Crippen LogP contribution >= 0.6 is 0 Å². The molecule has 2 aromatic rings. The molecule has 124 valence electrons. The second-order valence-electron chi connectivity index (χ2n) is 5.88. The summed E-state index contributed by atoms with van der Waals surface area (Å²) >= 11 is 0. The van der Waals surface area contributed by atoms with Crippen LogP contribution in [0.15, 0.2) is 25.0 Å². The monoisotopic (exact) mass is 317 g/mol. The van der Waals surface area contributed by atoms with E-state index in [4.69, 9.17) is 0 Å². The van der Waals surface area contributed by atoms with Crippen LogP contribution < -0.4 is 0 Å². The average Bonchev–Trinajstić information content (AvgIpc) is 3.24. The SMILES string of the molecule is CCN1CCN(C(=O)[C@@H](C)n2cncn2)C[C@H]1c1nccn1C. The van der Waals surface area contributed by atoms with Crippen molar-refractivity contribution in [2.24, 2.45) is 7.05 Å². The molecule has 0 radical (unpaired) electrons. The van der Waals surface area contributed by atoms with E-state index in [0.29, 0.717) is 6.54 Å². The van der Waals surface area contributed by atoms with Gasteiger partial charge in [0.25, 0.3) is 0 Å². The minimum absolute atomic E-state index is 0.0745. The van der Waals surface area contributed by atoms with Crippen LogP contribution in [0.2, 0.25) is 0 Å². The van der Waals surface area contributed by atoms with Crippen LogP contribution in [0.3, 0.4) is 0 Å². The number of imidazole rings is 1. The number of aromatic nitrogens is 5. The summed E-state index contributed by atoms with van der Waals surface area (Å²) in [4.78, 5) is 25.5. The Hall–Kier alpha value is -2.22. The lowest BCUT2D eigenvalue weighted by atomic mass is 10.1. The molecule has 3 rings (SSSR count). The van der Waals surface area contributed by atoms with Crippen molar-refractivity contribution in [2.45, 2.75) is 25.9 Å². The van der Waals surface area contributed by atoms with Crippen LogP contribution in [0.25, 0.3) is 0 Å². The van der Waals surface area contributed by atoms with Gasteiger partial charge in [0.1, 0.15) is 24.5 Å². The number of carbonyl (C=O) groups is 1. The topological polar surface area (TPSA) is 72.1 Å². The van der Waals surface area contributed by atoms with E-state index >= 15 is 0 Å². The van der Waals surface area contributed by atoms with Crippen LogP contribution in [-0.4, -0.2) is 66.2 Å². The van der Waals surface area contributed by atoms with E-state index in [1.807, 2.05) is 35.8 Å². The Labute approximate surface area is 135 Å². The molecule has 0 aliphatic carbocycles. The second kappa shape index (κ2) is 6.49. The maximum atomic E-state index is 12.8. The third kappa shape index (κ3) is 2.98. The highest BCUT2D eigenvalue weighted by atomic mass is 16.2. The summed E-state index contributed by atoms with van der Waals surface area (Å²) in [5, 5.41) is 4.08. The molecule has 2 aromatic heterocycles. The van der Waals surface area contributed by atoms with E-state index in [9.17, 15) is 4.79 Å². The zero-order chi connectivity index (χ0) is 16.4. The van der Waals surface area contributed by atoms with Crippen molar-refractivity contribution >= 4 is 5.91 Å². The van der Waals surface area contributed by atoms with E-state index in [0.717, 1.165) is 25.5 Å². The standard InChI is InChI=1S/C15H23N7O/c1-4-20-7-8-21(9-13(20)14-17-5-6-19(14)3)15(23)12(2)22-11-16-10-18-22/h5-6,10-13H,4,7-9H2,1-3H3/t12-,13+/m1/s1. The number of likely N-dealkylation sites (N-methyl/N-ethyl adjacent to an activating group) is 1. The van der Waals surface area contributed by atoms with Crippen molar-refractivity contribution in [2.75, 3.05) is 26.2 Å². The van der Waals surface area contributed by atoms with E-state index in [-0.39, 0.29) is 18.0 Å². The normalized spacial score (nSPS) is 20.7. The van der Waals surface area contributed by atoms with Gasteiger partial charge in [-0.05, 0) is 13.5 Å². The maximum Gasteiger partial charge on any atom is 0.247 e. The molecule has 8 nitrogen and oxygen atoms in total. The van der Waals surface area contributed by atoms with Gasteiger partial charge in [0, 0.05) is 39.1 Å². The summed E-state index contributed by atoms with van der Waals surface area (Å²) in [5.41, 5.74) is 0. The molecule has 0 spiro atoms. The molecule has 8 heteroatoms. The Morgan fingerprint density at radius 3 is 2.87 bits per heavy atom. The van der Waals surface area contributed by atoms with Gasteiger partial charge in [0.15, 0.2) is 0 Å². The molecule has 0 unspecified atom stereocenters. The molecule has 3 heterocycles. The first-order chi connectivity index (χ1) is 11.1. The fourth-order valence-electron chi connectivity index (χ4n) is 3.14. The van der Waals surface area contributed by atoms with E-state index < -0.39 is 0 Å². The predicted octanol–water partition coefficient (Wildman–Crippen LogP) is 0.478. The largest absolute Gasteiger partial charge is 0.338 e. The van der Waals surface area contributed by atoms with Gasteiger partial charge in [0.05, 0.1) is 6.04 Å². The first-order valence-electron chi connectivity index (χ1n) is 7.96. The molecule has 1 amide bonds.